The molecule has 0 aliphatic rings. The van der Waals surface area contributed by atoms with E-state index in [1.165, 1.54) is 6.20 Å². The van der Waals surface area contributed by atoms with Gasteiger partial charge < -0.3 is 16.0 Å². The van der Waals surface area contributed by atoms with E-state index < -0.39 is 5.91 Å². The Bertz CT molecular complexity index is 1050. The summed E-state index contributed by atoms with van der Waals surface area (Å²) in [7, 11) is 0. The zero-order chi connectivity index (χ0) is 19.6. The van der Waals surface area contributed by atoms with E-state index in [-0.39, 0.29) is 17.0 Å². The Morgan fingerprint density at radius 1 is 1.19 bits per heavy atom. The van der Waals surface area contributed by atoms with Crippen LogP contribution in [-0.2, 0) is 0 Å². The molecule has 1 aromatic carbocycles. The zero-order valence-corrected chi connectivity index (χ0v) is 15.5. The molecule has 0 spiro atoms. The second-order valence-electron chi connectivity index (χ2n) is 6.77. The van der Waals surface area contributed by atoms with Crippen molar-refractivity contribution in [2.75, 3.05) is 5.32 Å². The summed E-state index contributed by atoms with van der Waals surface area (Å²) in [5.74, 6) is -0.495. The topological polar surface area (TPSA) is 101 Å². The predicted molar refractivity (Wildman–Crippen MR) is 107 cm³/mol. The van der Waals surface area contributed by atoms with E-state index in [0.29, 0.717) is 11.3 Å². The first-order valence-electron chi connectivity index (χ1n) is 8.72. The second-order valence-corrected chi connectivity index (χ2v) is 6.77. The van der Waals surface area contributed by atoms with Gasteiger partial charge in [0, 0.05) is 23.7 Å². The van der Waals surface area contributed by atoms with Crippen LogP contribution in [0.1, 0.15) is 41.4 Å². The Balaban J connectivity index is 2.15. The number of primary amides is 1. The number of rotatable bonds is 5. The van der Waals surface area contributed by atoms with Crippen LogP contribution in [0.4, 0.5) is 11.4 Å². The van der Waals surface area contributed by atoms with Gasteiger partial charge in [0.2, 0.25) is 0 Å². The third kappa shape index (κ3) is 3.89. The minimum absolute atomic E-state index is 0.0747. The van der Waals surface area contributed by atoms with Gasteiger partial charge in [0.1, 0.15) is 0 Å². The molecule has 1 amide bonds. The molecule has 0 aliphatic heterocycles. The number of nitrogens with one attached hydrogen (secondary N) is 2. The number of aryl methyl sites for hydroxylation is 1. The number of aromatic amines is 1. The van der Waals surface area contributed by atoms with E-state index in [2.05, 4.69) is 15.3 Å². The van der Waals surface area contributed by atoms with E-state index in [4.69, 9.17) is 5.73 Å². The van der Waals surface area contributed by atoms with Crippen LogP contribution in [0.25, 0.3) is 11.1 Å². The minimum atomic E-state index is -0.569. The largest absolute Gasteiger partial charge is 0.365 e. The summed E-state index contributed by atoms with van der Waals surface area (Å²) >= 11 is 0. The van der Waals surface area contributed by atoms with Gasteiger partial charge in [0.05, 0.1) is 16.9 Å². The number of nitrogens with two attached hydrogens (primary N) is 1. The number of hydrogen-bond acceptors (Lipinski definition) is 4. The number of anilines is 2. The Morgan fingerprint density at radius 2 is 1.96 bits per heavy atom. The quantitative estimate of drug-likeness (QED) is 0.644. The van der Waals surface area contributed by atoms with Gasteiger partial charge in [-0.1, -0.05) is 43.7 Å². The molecule has 6 nitrogen and oxygen atoms in total. The van der Waals surface area contributed by atoms with Crippen molar-refractivity contribution in [3.63, 3.8) is 0 Å². The fourth-order valence-electron chi connectivity index (χ4n) is 2.98. The Kier molecular flexibility index (Phi) is 5.07. The van der Waals surface area contributed by atoms with Crippen molar-refractivity contribution in [3.8, 4) is 11.1 Å². The molecule has 0 bridgehead atoms. The van der Waals surface area contributed by atoms with Crippen LogP contribution in [0.5, 0.6) is 0 Å². The molecule has 3 aromatic rings. The van der Waals surface area contributed by atoms with Crippen molar-refractivity contribution >= 4 is 17.3 Å². The van der Waals surface area contributed by atoms with Crippen LogP contribution in [0.2, 0.25) is 0 Å². The highest BCUT2D eigenvalue weighted by Crippen LogP contribution is 2.29. The summed E-state index contributed by atoms with van der Waals surface area (Å²) in [5.41, 5.74) is 10.1. The molecular formula is C21H22N4O2. The maximum atomic E-state index is 12.7. The molecule has 0 saturated carbocycles. The highest BCUT2D eigenvalue weighted by molar-refractivity contribution is 5.99. The fraction of sp³-hybridized carbons (Fsp3) is 0.190. The summed E-state index contributed by atoms with van der Waals surface area (Å²) in [6.45, 7) is 5.96. The molecule has 2 heterocycles. The lowest BCUT2D eigenvalue weighted by Gasteiger charge is -2.17. The van der Waals surface area contributed by atoms with E-state index in [9.17, 15) is 9.59 Å². The fourth-order valence-corrected chi connectivity index (χ4v) is 2.98. The van der Waals surface area contributed by atoms with Crippen molar-refractivity contribution < 1.29 is 4.79 Å². The van der Waals surface area contributed by atoms with E-state index >= 15 is 0 Å². The predicted octanol–water partition coefficient (Wildman–Crippen LogP) is 3.71. The maximum Gasteiger partial charge on any atom is 0.256 e. The monoisotopic (exact) mass is 362 g/mol. The molecule has 0 atom stereocenters. The second kappa shape index (κ2) is 7.45. The summed E-state index contributed by atoms with van der Waals surface area (Å²) in [6.07, 6.45) is 3.00. The van der Waals surface area contributed by atoms with Gasteiger partial charge in [-0.15, -0.1) is 0 Å². The van der Waals surface area contributed by atoms with E-state index in [1.807, 2.05) is 51.1 Å². The standard InChI is InChI=1S/C21H22N4O2/c1-12(2)19-18(24-17-7-8-23-11-16(17)20(22)26)10-15(21(27)25-19)14-6-4-5-13(3)9-14/h4-12H,1-3H3,(H2,22,26)(H,23,24)(H,25,27). The Labute approximate surface area is 157 Å². The van der Waals surface area contributed by atoms with Gasteiger partial charge >= 0.3 is 0 Å². The molecule has 138 valence electrons. The summed E-state index contributed by atoms with van der Waals surface area (Å²) in [4.78, 5) is 31.3. The number of carbonyl (C=O) groups is 1. The van der Waals surface area contributed by atoms with Gasteiger partial charge in [-0.25, -0.2) is 0 Å². The van der Waals surface area contributed by atoms with Crippen molar-refractivity contribution in [2.45, 2.75) is 26.7 Å². The van der Waals surface area contributed by atoms with Crippen molar-refractivity contribution in [2.24, 2.45) is 5.73 Å². The van der Waals surface area contributed by atoms with Crippen LogP contribution in [0.15, 0.2) is 53.6 Å². The molecule has 0 unspecified atom stereocenters. The first-order valence-corrected chi connectivity index (χ1v) is 8.72. The van der Waals surface area contributed by atoms with Gasteiger partial charge in [-0.2, -0.15) is 0 Å². The van der Waals surface area contributed by atoms with Crippen molar-refractivity contribution in [1.82, 2.24) is 9.97 Å². The molecule has 27 heavy (non-hydrogen) atoms. The first-order chi connectivity index (χ1) is 12.9. The Morgan fingerprint density at radius 3 is 2.63 bits per heavy atom. The zero-order valence-electron chi connectivity index (χ0n) is 15.5. The van der Waals surface area contributed by atoms with Crippen LogP contribution in [0, 0.1) is 6.92 Å². The number of H-pyrrole nitrogens is 1. The number of pyridine rings is 2. The van der Waals surface area contributed by atoms with Crippen molar-refractivity contribution in [3.05, 3.63) is 76.0 Å². The molecule has 4 N–H and O–H groups in total. The molecule has 6 heteroatoms. The number of carbonyl (C=O) groups excluding carboxylic acids is 1. The van der Waals surface area contributed by atoms with E-state index in [1.54, 1.807) is 12.3 Å². The lowest BCUT2D eigenvalue weighted by molar-refractivity contribution is 0.100. The number of benzene rings is 1. The minimum Gasteiger partial charge on any atom is -0.365 e. The maximum absolute atomic E-state index is 12.7. The summed E-state index contributed by atoms with van der Waals surface area (Å²) < 4.78 is 0. The molecule has 0 fully saturated rings. The molecule has 3 rings (SSSR count). The molecule has 0 saturated heterocycles. The molecule has 0 radical (unpaired) electrons. The first kappa shape index (κ1) is 18.4. The lowest BCUT2D eigenvalue weighted by atomic mass is 10.0. The van der Waals surface area contributed by atoms with E-state index in [0.717, 1.165) is 22.5 Å². The smallest absolute Gasteiger partial charge is 0.256 e. The average Bonchev–Trinajstić information content (AvgIpc) is 2.63. The number of hydrogen-bond donors (Lipinski definition) is 3. The molecule has 2 aromatic heterocycles. The highest BCUT2D eigenvalue weighted by atomic mass is 16.1. The number of aromatic nitrogens is 2. The van der Waals surface area contributed by atoms with Gasteiger partial charge in [0.25, 0.3) is 11.5 Å². The van der Waals surface area contributed by atoms with Gasteiger partial charge in [-0.05, 0) is 30.5 Å². The summed E-state index contributed by atoms with van der Waals surface area (Å²) in [5, 5.41) is 3.24. The third-order valence-corrected chi connectivity index (χ3v) is 4.33. The van der Waals surface area contributed by atoms with Crippen LogP contribution in [-0.4, -0.2) is 15.9 Å². The van der Waals surface area contributed by atoms with Crippen molar-refractivity contribution in [1.29, 1.82) is 0 Å². The number of amides is 1. The third-order valence-electron chi connectivity index (χ3n) is 4.33. The molecule has 0 aliphatic carbocycles. The molecular weight excluding hydrogens is 340 g/mol. The van der Waals surface area contributed by atoms with Gasteiger partial charge in [-0.3, -0.25) is 14.6 Å². The van der Waals surface area contributed by atoms with Crippen LogP contribution >= 0.6 is 0 Å². The number of nitrogens with zero attached hydrogens (tertiary/aromatic N) is 1. The van der Waals surface area contributed by atoms with Crippen LogP contribution < -0.4 is 16.6 Å². The lowest BCUT2D eigenvalue weighted by Crippen LogP contribution is -2.17. The summed E-state index contributed by atoms with van der Waals surface area (Å²) in [6, 6.07) is 11.3. The Hall–Kier alpha value is -3.41. The van der Waals surface area contributed by atoms with Crippen LogP contribution in [0.3, 0.4) is 0 Å². The SMILES string of the molecule is Cc1cccc(-c2cc(Nc3ccncc3C(N)=O)c(C(C)C)[nH]c2=O)c1. The van der Waals surface area contributed by atoms with Gasteiger partial charge in [0.15, 0.2) is 0 Å². The normalized spacial score (nSPS) is 10.8. The average molecular weight is 362 g/mol. The highest BCUT2D eigenvalue weighted by Gasteiger charge is 2.15.